The number of ketones is 1. The van der Waals surface area contributed by atoms with Crippen molar-refractivity contribution in [1.29, 1.82) is 0 Å². The van der Waals surface area contributed by atoms with Gasteiger partial charge in [0, 0.05) is 30.3 Å². The molecule has 2 amide bonds. The first-order valence-corrected chi connectivity index (χ1v) is 8.26. The van der Waals surface area contributed by atoms with Crippen molar-refractivity contribution in [1.82, 2.24) is 10.2 Å². The molecule has 0 aromatic rings. The Labute approximate surface area is 130 Å². The minimum Gasteiger partial charge on any atom is -0.305 e. The van der Waals surface area contributed by atoms with Crippen LogP contribution in [-0.4, -0.2) is 46.9 Å². The first kappa shape index (κ1) is 17.9. The van der Waals surface area contributed by atoms with Gasteiger partial charge in [-0.1, -0.05) is 27.7 Å². The normalized spacial score (nSPS) is 16.9. The Morgan fingerprint density at radius 1 is 1.29 bits per heavy atom. The highest BCUT2D eigenvalue weighted by Crippen LogP contribution is 2.25. The number of carbonyl (C=O) groups is 3. The number of nitrogens with one attached hydrogen (secondary N) is 1. The Bertz CT molecular complexity index is 458. The lowest BCUT2D eigenvalue weighted by molar-refractivity contribution is -0.136. The van der Waals surface area contributed by atoms with E-state index in [1.54, 1.807) is 6.92 Å². The molecular formula is C15H24N2O3S. The van der Waals surface area contributed by atoms with Gasteiger partial charge in [-0.2, -0.15) is 0 Å². The smallest absolute Gasteiger partial charge is 0.267 e. The molecule has 1 rings (SSSR count). The molecule has 6 heteroatoms. The van der Waals surface area contributed by atoms with E-state index in [2.05, 4.69) is 5.32 Å². The summed E-state index contributed by atoms with van der Waals surface area (Å²) >= 11 is 1.28. The molecule has 1 aliphatic heterocycles. The second-order valence-electron chi connectivity index (χ2n) is 5.64. The predicted molar refractivity (Wildman–Crippen MR) is 84.8 cm³/mol. The number of imide groups is 1. The number of thioether (sulfide) groups is 1. The number of likely N-dealkylation sites (N-methyl/N-ethyl adjacent to an activating group) is 1. The van der Waals surface area contributed by atoms with Gasteiger partial charge in [0.2, 0.25) is 0 Å². The summed E-state index contributed by atoms with van der Waals surface area (Å²) in [5.74, 6) is -0.0106. The summed E-state index contributed by atoms with van der Waals surface area (Å²) in [6, 6.07) is -0.130. The van der Waals surface area contributed by atoms with E-state index < -0.39 is 0 Å². The number of Topliss-reactive ketones (excluding diaryl/α,β-unsaturated/α-hetero) is 1. The van der Waals surface area contributed by atoms with Crippen molar-refractivity contribution in [2.75, 3.05) is 12.3 Å². The number of hydrogen-bond donors (Lipinski definition) is 1. The van der Waals surface area contributed by atoms with Gasteiger partial charge in [-0.25, -0.2) is 0 Å². The fourth-order valence-electron chi connectivity index (χ4n) is 2.08. The molecule has 0 fully saturated rings. The number of nitrogens with zero attached hydrogens (tertiary/aromatic N) is 1. The summed E-state index contributed by atoms with van der Waals surface area (Å²) in [4.78, 5) is 37.4. The van der Waals surface area contributed by atoms with Gasteiger partial charge in [-0.3, -0.25) is 19.3 Å². The quantitative estimate of drug-likeness (QED) is 0.689. The van der Waals surface area contributed by atoms with Gasteiger partial charge in [0.25, 0.3) is 11.8 Å². The zero-order valence-electron chi connectivity index (χ0n) is 13.3. The molecule has 0 saturated heterocycles. The van der Waals surface area contributed by atoms with Crippen LogP contribution in [-0.2, 0) is 14.4 Å². The van der Waals surface area contributed by atoms with Crippen molar-refractivity contribution in [3.63, 3.8) is 0 Å². The summed E-state index contributed by atoms with van der Waals surface area (Å²) in [6.45, 7) is 9.83. The second-order valence-corrected chi connectivity index (χ2v) is 6.70. The highest BCUT2D eigenvalue weighted by atomic mass is 32.2. The largest absolute Gasteiger partial charge is 0.305 e. The predicted octanol–water partition coefficient (Wildman–Crippen LogP) is 1.58. The molecule has 0 spiro atoms. The summed E-state index contributed by atoms with van der Waals surface area (Å²) < 4.78 is 0. The van der Waals surface area contributed by atoms with Crippen LogP contribution in [0, 0.1) is 5.92 Å². The van der Waals surface area contributed by atoms with Crippen molar-refractivity contribution in [3.8, 4) is 0 Å². The Balaban J connectivity index is 2.70. The molecule has 21 heavy (non-hydrogen) atoms. The van der Waals surface area contributed by atoms with Crippen LogP contribution in [0.3, 0.4) is 0 Å². The standard InChI is InChI=1S/C15H24N2O3S/c1-6-17-13(18)7-12(15(17)20)21-8-11(16-10(4)5)14(19)9(2)3/h7,9-11,16H,6,8H2,1-5H3/t11-/m0/s1. The minimum atomic E-state index is -0.311. The monoisotopic (exact) mass is 312 g/mol. The lowest BCUT2D eigenvalue weighted by Crippen LogP contribution is -2.44. The van der Waals surface area contributed by atoms with Gasteiger partial charge in [0.1, 0.15) is 0 Å². The zero-order chi connectivity index (χ0) is 16.2. The molecule has 1 atom stereocenters. The molecule has 0 bridgehead atoms. The molecule has 0 aliphatic carbocycles. The molecule has 5 nitrogen and oxygen atoms in total. The molecule has 118 valence electrons. The minimum absolute atomic E-state index is 0.0659. The van der Waals surface area contributed by atoms with Gasteiger partial charge in [-0.05, 0) is 6.92 Å². The van der Waals surface area contributed by atoms with E-state index in [4.69, 9.17) is 0 Å². The van der Waals surface area contributed by atoms with Gasteiger partial charge >= 0.3 is 0 Å². The van der Waals surface area contributed by atoms with Gasteiger partial charge in [-0.15, -0.1) is 11.8 Å². The van der Waals surface area contributed by atoms with E-state index >= 15 is 0 Å². The molecule has 0 unspecified atom stereocenters. The first-order valence-electron chi connectivity index (χ1n) is 7.28. The van der Waals surface area contributed by atoms with Crippen LogP contribution in [0.1, 0.15) is 34.6 Å². The third-order valence-corrected chi connectivity index (χ3v) is 4.25. The number of hydrogen-bond acceptors (Lipinski definition) is 5. The van der Waals surface area contributed by atoms with E-state index in [9.17, 15) is 14.4 Å². The Morgan fingerprint density at radius 3 is 2.33 bits per heavy atom. The third-order valence-electron chi connectivity index (χ3n) is 3.15. The molecule has 0 saturated carbocycles. The molecule has 0 radical (unpaired) electrons. The average Bonchev–Trinajstić information content (AvgIpc) is 2.67. The number of amides is 2. The van der Waals surface area contributed by atoms with Crippen LogP contribution in [0.25, 0.3) is 0 Å². The van der Waals surface area contributed by atoms with Crippen molar-refractivity contribution in [2.24, 2.45) is 5.92 Å². The van der Waals surface area contributed by atoms with E-state index in [0.29, 0.717) is 17.2 Å². The number of rotatable bonds is 8. The van der Waals surface area contributed by atoms with E-state index in [0.717, 1.165) is 0 Å². The van der Waals surface area contributed by atoms with Gasteiger partial charge in [0.05, 0.1) is 10.9 Å². The maximum Gasteiger partial charge on any atom is 0.267 e. The molecule has 1 heterocycles. The van der Waals surface area contributed by atoms with E-state index in [1.165, 1.54) is 22.7 Å². The maximum atomic E-state index is 12.2. The first-order chi connectivity index (χ1) is 9.77. The Kier molecular flexibility index (Phi) is 6.61. The molecule has 0 aromatic carbocycles. The van der Waals surface area contributed by atoms with Crippen molar-refractivity contribution in [3.05, 3.63) is 11.0 Å². The highest BCUT2D eigenvalue weighted by Gasteiger charge is 2.31. The molecular weight excluding hydrogens is 288 g/mol. The average molecular weight is 312 g/mol. The fourth-order valence-corrected chi connectivity index (χ4v) is 3.10. The molecule has 1 N–H and O–H groups in total. The Morgan fingerprint density at radius 2 is 1.90 bits per heavy atom. The zero-order valence-corrected chi connectivity index (χ0v) is 14.1. The van der Waals surface area contributed by atoms with Gasteiger partial charge < -0.3 is 5.32 Å². The second kappa shape index (κ2) is 7.75. The molecule has 1 aliphatic rings. The van der Waals surface area contributed by atoms with Crippen LogP contribution in [0.4, 0.5) is 0 Å². The summed E-state index contributed by atoms with van der Waals surface area (Å²) in [7, 11) is 0. The van der Waals surface area contributed by atoms with Crippen molar-refractivity contribution < 1.29 is 14.4 Å². The lowest BCUT2D eigenvalue weighted by Gasteiger charge is -2.21. The van der Waals surface area contributed by atoms with Gasteiger partial charge in [0.15, 0.2) is 5.78 Å². The van der Waals surface area contributed by atoms with Crippen molar-refractivity contribution >= 4 is 29.4 Å². The van der Waals surface area contributed by atoms with Crippen LogP contribution in [0.5, 0.6) is 0 Å². The van der Waals surface area contributed by atoms with Crippen LogP contribution in [0.2, 0.25) is 0 Å². The van der Waals surface area contributed by atoms with Crippen LogP contribution in [0.15, 0.2) is 11.0 Å². The van der Waals surface area contributed by atoms with Crippen LogP contribution >= 0.6 is 11.8 Å². The SMILES string of the molecule is CCN1C(=O)C=C(SC[C@H](NC(C)C)C(=O)C(C)C)C1=O. The van der Waals surface area contributed by atoms with E-state index in [1.807, 2.05) is 27.7 Å². The van der Waals surface area contributed by atoms with Crippen LogP contribution < -0.4 is 5.32 Å². The highest BCUT2D eigenvalue weighted by molar-refractivity contribution is 8.04. The third kappa shape index (κ3) is 4.68. The topological polar surface area (TPSA) is 66.5 Å². The maximum absolute atomic E-state index is 12.2. The summed E-state index contributed by atoms with van der Waals surface area (Å²) in [5, 5.41) is 3.23. The summed E-state index contributed by atoms with van der Waals surface area (Å²) in [6.07, 6.45) is 1.36. The molecule has 0 aromatic heterocycles. The fraction of sp³-hybridized carbons (Fsp3) is 0.667. The van der Waals surface area contributed by atoms with Crippen molar-refractivity contribution in [2.45, 2.75) is 46.7 Å². The van der Waals surface area contributed by atoms with E-state index in [-0.39, 0.29) is 35.6 Å². The summed E-state index contributed by atoms with van der Waals surface area (Å²) in [5.41, 5.74) is 0. The Hall–Kier alpha value is -1.14. The lowest BCUT2D eigenvalue weighted by atomic mass is 10.0. The number of carbonyl (C=O) groups excluding carboxylic acids is 3.